The fourth-order valence-electron chi connectivity index (χ4n) is 2.13. The summed E-state index contributed by atoms with van der Waals surface area (Å²) in [4.78, 5) is 29.1. The van der Waals surface area contributed by atoms with Crippen molar-refractivity contribution in [1.29, 1.82) is 0 Å². The Morgan fingerprint density at radius 1 is 1.55 bits per heavy atom. The first-order valence-electron chi connectivity index (χ1n) is 6.53. The van der Waals surface area contributed by atoms with Crippen LogP contribution in [0.25, 0.3) is 0 Å². The molecule has 1 aromatic heterocycles. The first-order valence-corrected chi connectivity index (χ1v) is 6.53. The van der Waals surface area contributed by atoms with Crippen molar-refractivity contribution in [3.63, 3.8) is 0 Å². The van der Waals surface area contributed by atoms with Crippen molar-refractivity contribution in [2.24, 2.45) is 5.73 Å². The normalized spacial score (nSPS) is 18.6. The van der Waals surface area contributed by atoms with Gasteiger partial charge in [-0.3, -0.25) is 4.79 Å². The minimum absolute atomic E-state index is 0.277. The maximum atomic E-state index is 12.0. The molecule has 0 aliphatic carbocycles. The van der Waals surface area contributed by atoms with E-state index in [0.717, 1.165) is 6.54 Å². The summed E-state index contributed by atoms with van der Waals surface area (Å²) in [5, 5.41) is 3.16. The van der Waals surface area contributed by atoms with E-state index in [9.17, 15) is 9.59 Å². The van der Waals surface area contributed by atoms with Gasteiger partial charge in [0.2, 0.25) is 5.91 Å². The average molecular weight is 278 g/mol. The van der Waals surface area contributed by atoms with E-state index in [0.29, 0.717) is 31.1 Å². The standard InChI is InChI=1S/C13H18N4O3/c1-2-20-13(19)10-8-15-5-6-17(10)11-4-3-9(7-16-11)12(14)18/h3-4,7,10,15H,2,5-6,8H2,1H3,(H2,14,18). The van der Waals surface area contributed by atoms with Crippen molar-refractivity contribution in [3.8, 4) is 0 Å². The number of amides is 1. The number of esters is 1. The Morgan fingerprint density at radius 3 is 2.95 bits per heavy atom. The second-order valence-corrected chi connectivity index (χ2v) is 4.43. The lowest BCUT2D eigenvalue weighted by molar-refractivity contribution is -0.144. The predicted molar refractivity (Wildman–Crippen MR) is 73.4 cm³/mol. The summed E-state index contributed by atoms with van der Waals surface area (Å²) in [6, 6.07) is 2.89. The zero-order valence-corrected chi connectivity index (χ0v) is 11.3. The number of nitrogens with one attached hydrogen (secondary N) is 1. The molecule has 0 bridgehead atoms. The topological polar surface area (TPSA) is 97.5 Å². The average Bonchev–Trinajstić information content (AvgIpc) is 2.47. The lowest BCUT2D eigenvalue weighted by Crippen LogP contribution is -2.56. The van der Waals surface area contributed by atoms with E-state index >= 15 is 0 Å². The summed E-state index contributed by atoms with van der Waals surface area (Å²) in [7, 11) is 0. The Balaban J connectivity index is 2.18. The highest BCUT2D eigenvalue weighted by atomic mass is 16.5. The molecule has 3 N–H and O–H groups in total. The van der Waals surface area contributed by atoms with Gasteiger partial charge in [-0.15, -0.1) is 0 Å². The molecular formula is C13H18N4O3. The first-order chi connectivity index (χ1) is 9.63. The highest BCUT2D eigenvalue weighted by molar-refractivity contribution is 5.92. The molecule has 2 heterocycles. The zero-order chi connectivity index (χ0) is 14.5. The van der Waals surface area contributed by atoms with Crippen LogP contribution in [-0.2, 0) is 9.53 Å². The summed E-state index contributed by atoms with van der Waals surface area (Å²) in [5.74, 6) is -0.165. The quantitative estimate of drug-likeness (QED) is 0.722. The van der Waals surface area contributed by atoms with Crippen LogP contribution in [0.1, 0.15) is 17.3 Å². The second-order valence-electron chi connectivity index (χ2n) is 4.43. The van der Waals surface area contributed by atoms with Gasteiger partial charge in [-0.05, 0) is 19.1 Å². The molecule has 7 heteroatoms. The third kappa shape index (κ3) is 3.05. The van der Waals surface area contributed by atoms with E-state index < -0.39 is 11.9 Å². The van der Waals surface area contributed by atoms with Crippen LogP contribution in [0.15, 0.2) is 18.3 Å². The monoisotopic (exact) mass is 278 g/mol. The predicted octanol–water partition coefficient (Wildman–Crippen LogP) is -0.478. The molecule has 1 fully saturated rings. The molecule has 1 aliphatic rings. The molecule has 1 saturated heterocycles. The minimum atomic E-state index is -0.522. The molecule has 0 radical (unpaired) electrons. The van der Waals surface area contributed by atoms with Crippen LogP contribution in [-0.4, -0.2) is 49.1 Å². The fourth-order valence-corrected chi connectivity index (χ4v) is 2.13. The van der Waals surface area contributed by atoms with Crippen molar-refractivity contribution >= 4 is 17.7 Å². The molecule has 1 atom stereocenters. The van der Waals surface area contributed by atoms with Crippen molar-refractivity contribution in [2.75, 3.05) is 31.1 Å². The molecule has 1 amide bonds. The summed E-state index contributed by atoms with van der Waals surface area (Å²) in [6.45, 7) is 4.04. The smallest absolute Gasteiger partial charge is 0.330 e. The van der Waals surface area contributed by atoms with E-state index in [1.165, 1.54) is 6.20 Å². The highest BCUT2D eigenvalue weighted by Crippen LogP contribution is 2.17. The number of primary amides is 1. The number of rotatable bonds is 4. The molecule has 2 rings (SSSR count). The fraction of sp³-hybridized carbons (Fsp3) is 0.462. The van der Waals surface area contributed by atoms with Gasteiger partial charge in [-0.2, -0.15) is 0 Å². The number of carbonyl (C=O) groups excluding carboxylic acids is 2. The lowest BCUT2D eigenvalue weighted by atomic mass is 10.2. The van der Waals surface area contributed by atoms with Gasteiger partial charge >= 0.3 is 5.97 Å². The number of ether oxygens (including phenoxy) is 1. The van der Waals surface area contributed by atoms with Crippen LogP contribution in [0, 0.1) is 0 Å². The van der Waals surface area contributed by atoms with Crippen molar-refractivity contribution in [1.82, 2.24) is 10.3 Å². The van der Waals surface area contributed by atoms with Gasteiger partial charge in [0, 0.05) is 25.8 Å². The van der Waals surface area contributed by atoms with Crippen LogP contribution in [0.4, 0.5) is 5.82 Å². The number of aromatic nitrogens is 1. The number of pyridine rings is 1. The highest BCUT2D eigenvalue weighted by Gasteiger charge is 2.30. The Kier molecular flexibility index (Phi) is 4.52. The molecule has 108 valence electrons. The van der Waals surface area contributed by atoms with Gasteiger partial charge < -0.3 is 20.7 Å². The maximum absolute atomic E-state index is 12.0. The Hall–Kier alpha value is -2.15. The summed E-state index contributed by atoms with van der Waals surface area (Å²) >= 11 is 0. The lowest BCUT2D eigenvalue weighted by Gasteiger charge is -2.35. The number of carbonyl (C=O) groups is 2. The van der Waals surface area contributed by atoms with Crippen LogP contribution >= 0.6 is 0 Å². The number of anilines is 1. The minimum Gasteiger partial charge on any atom is -0.464 e. The van der Waals surface area contributed by atoms with Gasteiger partial charge in [-0.1, -0.05) is 0 Å². The number of piperazine rings is 1. The molecule has 0 aromatic carbocycles. The molecule has 20 heavy (non-hydrogen) atoms. The van der Waals surface area contributed by atoms with Gasteiger partial charge in [0.05, 0.1) is 12.2 Å². The van der Waals surface area contributed by atoms with E-state index in [-0.39, 0.29) is 5.97 Å². The summed E-state index contributed by atoms with van der Waals surface area (Å²) in [5.41, 5.74) is 5.52. The molecule has 1 aliphatic heterocycles. The Labute approximate surface area is 117 Å². The molecule has 0 saturated carbocycles. The Bertz CT molecular complexity index is 489. The molecule has 0 spiro atoms. The molecular weight excluding hydrogens is 260 g/mol. The summed E-state index contributed by atoms with van der Waals surface area (Å²) < 4.78 is 5.07. The number of hydrogen-bond donors (Lipinski definition) is 2. The number of nitrogens with zero attached hydrogens (tertiary/aromatic N) is 2. The largest absolute Gasteiger partial charge is 0.464 e. The van der Waals surface area contributed by atoms with Crippen molar-refractivity contribution in [2.45, 2.75) is 13.0 Å². The SMILES string of the molecule is CCOC(=O)C1CNCCN1c1ccc(C(N)=O)cn1. The van der Waals surface area contributed by atoms with Crippen LogP contribution < -0.4 is 16.0 Å². The number of hydrogen-bond acceptors (Lipinski definition) is 6. The maximum Gasteiger partial charge on any atom is 0.330 e. The van der Waals surface area contributed by atoms with Crippen molar-refractivity contribution in [3.05, 3.63) is 23.9 Å². The molecule has 7 nitrogen and oxygen atoms in total. The van der Waals surface area contributed by atoms with Crippen LogP contribution in [0.3, 0.4) is 0 Å². The van der Waals surface area contributed by atoms with Crippen molar-refractivity contribution < 1.29 is 14.3 Å². The zero-order valence-electron chi connectivity index (χ0n) is 11.3. The van der Waals surface area contributed by atoms with E-state index in [1.54, 1.807) is 19.1 Å². The second kappa shape index (κ2) is 6.33. The van der Waals surface area contributed by atoms with Crippen LogP contribution in [0.2, 0.25) is 0 Å². The van der Waals surface area contributed by atoms with E-state index in [4.69, 9.17) is 10.5 Å². The first kappa shape index (κ1) is 14.3. The van der Waals surface area contributed by atoms with E-state index in [2.05, 4.69) is 10.3 Å². The molecule has 1 unspecified atom stereocenters. The molecule has 1 aromatic rings. The Morgan fingerprint density at radius 2 is 2.35 bits per heavy atom. The third-order valence-electron chi connectivity index (χ3n) is 3.13. The third-order valence-corrected chi connectivity index (χ3v) is 3.13. The van der Waals surface area contributed by atoms with Gasteiger partial charge in [0.1, 0.15) is 11.9 Å². The van der Waals surface area contributed by atoms with Gasteiger partial charge in [-0.25, -0.2) is 9.78 Å². The number of nitrogens with two attached hydrogens (primary N) is 1. The van der Waals surface area contributed by atoms with Gasteiger partial charge in [0.15, 0.2) is 0 Å². The van der Waals surface area contributed by atoms with E-state index in [1.807, 2.05) is 4.90 Å². The van der Waals surface area contributed by atoms with Gasteiger partial charge in [0.25, 0.3) is 0 Å². The van der Waals surface area contributed by atoms with Crippen LogP contribution in [0.5, 0.6) is 0 Å². The summed E-state index contributed by atoms with van der Waals surface area (Å²) in [6.07, 6.45) is 1.42.